The van der Waals surface area contributed by atoms with Gasteiger partial charge in [0, 0.05) is 38.8 Å². The van der Waals surface area contributed by atoms with E-state index in [4.69, 9.17) is 0 Å². The summed E-state index contributed by atoms with van der Waals surface area (Å²) >= 11 is 0. The van der Waals surface area contributed by atoms with Gasteiger partial charge in [-0.3, -0.25) is 19.3 Å². The van der Waals surface area contributed by atoms with E-state index in [0.717, 1.165) is 11.3 Å². The van der Waals surface area contributed by atoms with Crippen molar-refractivity contribution in [2.24, 2.45) is 0 Å². The maximum Gasteiger partial charge on any atom is 0.321 e. The zero-order valence-electron chi connectivity index (χ0n) is 19.1. The molecule has 9 heteroatoms. The van der Waals surface area contributed by atoms with E-state index >= 15 is 0 Å². The highest BCUT2D eigenvalue weighted by atomic mass is 19.1. The van der Waals surface area contributed by atoms with Gasteiger partial charge in [-0.2, -0.15) is 0 Å². The van der Waals surface area contributed by atoms with Crippen LogP contribution in [0.4, 0.5) is 10.1 Å². The van der Waals surface area contributed by atoms with E-state index in [1.165, 1.54) is 19.1 Å². The summed E-state index contributed by atoms with van der Waals surface area (Å²) in [5.74, 6) is -1.68. The summed E-state index contributed by atoms with van der Waals surface area (Å²) < 4.78 is 13.2. The number of anilines is 1. The van der Waals surface area contributed by atoms with Gasteiger partial charge in [-0.25, -0.2) is 4.39 Å². The van der Waals surface area contributed by atoms with E-state index < -0.39 is 24.1 Å². The number of nitrogens with one attached hydrogen (secondary N) is 1. The highest BCUT2D eigenvalue weighted by Gasteiger charge is 2.46. The van der Waals surface area contributed by atoms with Crippen molar-refractivity contribution in [3.63, 3.8) is 0 Å². The maximum atomic E-state index is 13.3. The van der Waals surface area contributed by atoms with Gasteiger partial charge in [0.05, 0.1) is 18.6 Å². The number of amides is 2. The number of carbonyl (C=O) groups excluding carboxylic acids is 2. The van der Waals surface area contributed by atoms with E-state index in [0.29, 0.717) is 26.2 Å². The van der Waals surface area contributed by atoms with Crippen LogP contribution in [0.15, 0.2) is 54.6 Å². The Kier molecular flexibility index (Phi) is 7.12. The first-order valence-electron chi connectivity index (χ1n) is 11.4. The summed E-state index contributed by atoms with van der Waals surface area (Å²) in [5, 5.41) is 12.8. The maximum absolute atomic E-state index is 13.3. The number of rotatable bonds is 6. The normalized spacial score (nSPS) is 23.1. The molecule has 0 spiro atoms. The minimum atomic E-state index is -1.01. The highest BCUT2D eigenvalue weighted by molar-refractivity contribution is 5.81. The van der Waals surface area contributed by atoms with Gasteiger partial charge in [-0.05, 0) is 36.2 Å². The van der Waals surface area contributed by atoms with Crippen LogP contribution in [0.2, 0.25) is 0 Å². The lowest BCUT2D eigenvalue weighted by Crippen LogP contribution is -2.52. The van der Waals surface area contributed by atoms with Gasteiger partial charge in [-0.15, -0.1) is 0 Å². The number of hydrogen-bond acceptors (Lipinski definition) is 5. The fourth-order valence-corrected chi connectivity index (χ4v) is 4.98. The van der Waals surface area contributed by atoms with Gasteiger partial charge < -0.3 is 20.2 Å². The number of carboxylic acids is 1. The topological polar surface area (TPSA) is 93.2 Å². The minimum absolute atomic E-state index is 0.0524. The average molecular weight is 469 g/mol. The molecule has 0 saturated carbocycles. The van der Waals surface area contributed by atoms with Crippen molar-refractivity contribution in [2.75, 3.05) is 37.6 Å². The van der Waals surface area contributed by atoms with Crippen molar-refractivity contribution in [3.05, 3.63) is 66.0 Å². The van der Waals surface area contributed by atoms with Crippen LogP contribution in [0.25, 0.3) is 0 Å². The second kappa shape index (κ2) is 10.2. The van der Waals surface area contributed by atoms with Gasteiger partial charge in [0.2, 0.25) is 11.8 Å². The van der Waals surface area contributed by atoms with Crippen LogP contribution in [0, 0.1) is 5.82 Å². The monoisotopic (exact) mass is 468 g/mol. The lowest BCUT2D eigenvalue weighted by molar-refractivity contribution is -0.144. The molecule has 2 fully saturated rings. The van der Waals surface area contributed by atoms with Crippen LogP contribution >= 0.6 is 0 Å². The molecule has 34 heavy (non-hydrogen) atoms. The molecule has 8 nitrogen and oxygen atoms in total. The fourth-order valence-electron chi connectivity index (χ4n) is 4.98. The Morgan fingerprint density at radius 3 is 2.24 bits per heavy atom. The lowest BCUT2D eigenvalue weighted by atomic mass is 9.99. The molecule has 2 aliphatic rings. The molecule has 2 aromatic carbocycles. The molecule has 0 radical (unpaired) electrons. The minimum Gasteiger partial charge on any atom is -0.480 e. The summed E-state index contributed by atoms with van der Waals surface area (Å²) in [6.45, 7) is 3.56. The summed E-state index contributed by atoms with van der Waals surface area (Å²) in [7, 11) is 0. The zero-order valence-corrected chi connectivity index (χ0v) is 19.1. The van der Waals surface area contributed by atoms with E-state index in [2.05, 4.69) is 10.2 Å². The van der Waals surface area contributed by atoms with Crippen LogP contribution in [0.5, 0.6) is 0 Å². The Hall–Kier alpha value is -3.46. The molecule has 3 atom stereocenters. The summed E-state index contributed by atoms with van der Waals surface area (Å²) in [4.78, 5) is 42.7. The molecule has 0 aliphatic carbocycles. The largest absolute Gasteiger partial charge is 0.480 e. The molecule has 2 N–H and O–H groups in total. The first kappa shape index (κ1) is 23.7. The SMILES string of the molecule is CC(=O)N[C@H]1C[C@@H](C(=O)O)N(CC(=O)N2CCN(c3ccc(F)cc3)CC2)[C@H]1c1ccccc1. The summed E-state index contributed by atoms with van der Waals surface area (Å²) in [5.41, 5.74) is 1.76. The first-order valence-corrected chi connectivity index (χ1v) is 11.4. The number of hydrogen-bond donors (Lipinski definition) is 2. The van der Waals surface area contributed by atoms with Crippen molar-refractivity contribution in [1.29, 1.82) is 0 Å². The molecule has 2 aromatic rings. The predicted octanol–water partition coefficient (Wildman–Crippen LogP) is 1.88. The zero-order chi connectivity index (χ0) is 24.2. The van der Waals surface area contributed by atoms with Crippen LogP contribution in [0.3, 0.4) is 0 Å². The van der Waals surface area contributed by atoms with E-state index in [9.17, 15) is 23.9 Å². The number of aliphatic carboxylic acids is 1. The Morgan fingerprint density at radius 2 is 1.65 bits per heavy atom. The molecule has 0 bridgehead atoms. The van der Waals surface area contributed by atoms with Crippen molar-refractivity contribution < 1.29 is 23.9 Å². The van der Waals surface area contributed by atoms with Crippen molar-refractivity contribution in [2.45, 2.75) is 31.5 Å². The van der Waals surface area contributed by atoms with Gasteiger partial charge in [0.1, 0.15) is 11.9 Å². The van der Waals surface area contributed by atoms with E-state index in [1.54, 1.807) is 21.9 Å². The first-order chi connectivity index (χ1) is 16.3. The van der Waals surface area contributed by atoms with Gasteiger partial charge >= 0.3 is 5.97 Å². The van der Waals surface area contributed by atoms with Gasteiger partial charge in [0.15, 0.2) is 0 Å². The molecular weight excluding hydrogens is 439 g/mol. The van der Waals surface area contributed by atoms with E-state index in [-0.39, 0.29) is 30.6 Å². The Balaban J connectivity index is 1.48. The van der Waals surface area contributed by atoms with Crippen molar-refractivity contribution in [1.82, 2.24) is 15.1 Å². The van der Waals surface area contributed by atoms with Crippen molar-refractivity contribution >= 4 is 23.5 Å². The standard InChI is InChI=1S/C25H29FN4O4/c1-17(31)27-21-15-22(25(33)34)30(24(21)18-5-3-2-4-6-18)16-23(32)29-13-11-28(12-14-29)20-9-7-19(26)8-10-20/h2-10,21-22,24H,11-16H2,1H3,(H,27,31)(H,33,34)/t21-,22-,24-/m0/s1. The van der Waals surface area contributed by atoms with Crippen LogP contribution < -0.4 is 10.2 Å². The number of carbonyl (C=O) groups is 3. The third-order valence-corrected chi connectivity index (χ3v) is 6.57. The number of piperazine rings is 1. The third kappa shape index (κ3) is 5.20. The Labute approximate surface area is 197 Å². The number of carboxylic acid groups (broad SMARTS) is 1. The number of benzene rings is 2. The molecule has 2 saturated heterocycles. The van der Waals surface area contributed by atoms with Gasteiger partial charge in [-0.1, -0.05) is 30.3 Å². The highest BCUT2D eigenvalue weighted by Crippen LogP contribution is 2.36. The Bertz CT molecular complexity index is 1020. The third-order valence-electron chi connectivity index (χ3n) is 6.57. The van der Waals surface area contributed by atoms with Crippen LogP contribution in [-0.4, -0.2) is 77.5 Å². The quantitative estimate of drug-likeness (QED) is 0.673. The second-order valence-corrected chi connectivity index (χ2v) is 8.77. The van der Waals surface area contributed by atoms with Gasteiger partial charge in [0.25, 0.3) is 0 Å². The molecule has 0 aromatic heterocycles. The summed E-state index contributed by atoms with van der Waals surface area (Å²) in [6, 6.07) is 13.9. The predicted molar refractivity (Wildman–Crippen MR) is 125 cm³/mol. The smallest absolute Gasteiger partial charge is 0.321 e. The number of nitrogens with zero attached hydrogens (tertiary/aromatic N) is 3. The van der Waals surface area contributed by atoms with Crippen LogP contribution in [0.1, 0.15) is 24.9 Å². The molecule has 2 heterocycles. The Morgan fingerprint density at radius 1 is 1.00 bits per heavy atom. The molecule has 4 rings (SSSR count). The molecular formula is C25H29FN4O4. The van der Waals surface area contributed by atoms with Crippen molar-refractivity contribution in [3.8, 4) is 0 Å². The lowest BCUT2D eigenvalue weighted by Gasteiger charge is -2.38. The molecule has 180 valence electrons. The molecule has 0 unspecified atom stereocenters. The fraction of sp³-hybridized carbons (Fsp3) is 0.400. The number of likely N-dealkylation sites (tertiary alicyclic amines) is 1. The second-order valence-electron chi connectivity index (χ2n) is 8.77. The summed E-state index contributed by atoms with van der Waals surface area (Å²) in [6.07, 6.45) is 0.222. The van der Waals surface area contributed by atoms with Crippen LogP contribution in [-0.2, 0) is 14.4 Å². The van der Waals surface area contributed by atoms with E-state index in [1.807, 2.05) is 30.3 Å². The molecule has 2 amide bonds. The average Bonchev–Trinajstić information content (AvgIpc) is 3.17. The molecule has 2 aliphatic heterocycles. The number of halogens is 1.